The molecule has 2 aromatic carbocycles. The molecule has 2 amide bonds. The molecule has 0 aliphatic carbocycles. The van der Waals surface area contributed by atoms with Gasteiger partial charge >= 0.3 is 5.63 Å². The van der Waals surface area contributed by atoms with Gasteiger partial charge < -0.3 is 19.4 Å². The number of fused-ring (bicyclic) bond motifs is 1. The Bertz CT molecular complexity index is 1320. The maximum atomic E-state index is 13.5. The summed E-state index contributed by atoms with van der Waals surface area (Å²) in [6, 6.07) is 10.1. The fourth-order valence-electron chi connectivity index (χ4n) is 4.28. The summed E-state index contributed by atoms with van der Waals surface area (Å²) in [5.41, 5.74) is 0.663. The zero-order valence-electron chi connectivity index (χ0n) is 19.5. The first-order valence-electron chi connectivity index (χ1n) is 11.5. The van der Waals surface area contributed by atoms with Gasteiger partial charge in [-0.05, 0) is 50.1 Å². The van der Waals surface area contributed by atoms with Crippen LogP contribution in [0.1, 0.15) is 33.1 Å². The summed E-state index contributed by atoms with van der Waals surface area (Å²) in [7, 11) is 0. The minimum absolute atomic E-state index is 0.0347. The van der Waals surface area contributed by atoms with E-state index in [-0.39, 0.29) is 28.5 Å². The van der Waals surface area contributed by atoms with Gasteiger partial charge in [0.2, 0.25) is 5.91 Å². The number of hydrogen-bond donors (Lipinski definition) is 1. The van der Waals surface area contributed by atoms with E-state index in [0.717, 1.165) is 12.8 Å². The van der Waals surface area contributed by atoms with E-state index in [1.807, 2.05) is 0 Å². The summed E-state index contributed by atoms with van der Waals surface area (Å²) in [6.45, 7) is 4.48. The van der Waals surface area contributed by atoms with E-state index < -0.39 is 17.5 Å². The summed E-state index contributed by atoms with van der Waals surface area (Å²) in [5.74, 6) is -0.341. The van der Waals surface area contributed by atoms with Crippen LogP contribution in [0.25, 0.3) is 22.1 Å². The molecule has 0 bridgehead atoms. The number of carbonyl (C=O) groups is 2. The van der Waals surface area contributed by atoms with Gasteiger partial charge in [-0.3, -0.25) is 9.59 Å². The maximum absolute atomic E-state index is 13.5. The highest BCUT2D eigenvalue weighted by atomic mass is 35.5. The van der Waals surface area contributed by atoms with Crippen molar-refractivity contribution in [2.45, 2.75) is 45.3 Å². The van der Waals surface area contributed by atoms with Crippen LogP contribution >= 0.6 is 11.6 Å². The van der Waals surface area contributed by atoms with Crippen molar-refractivity contribution in [3.05, 3.63) is 63.7 Å². The molecule has 0 radical (unpaired) electrons. The van der Waals surface area contributed by atoms with Gasteiger partial charge in [-0.25, -0.2) is 9.18 Å². The van der Waals surface area contributed by atoms with Crippen molar-refractivity contribution in [2.75, 3.05) is 13.1 Å². The van der Waals surface area contributed by atoms with Crippen molar-refractivity contribution < 1.29 is 23.1 Å². The molecule has 1 aromatic heterocycles. The van der Waals surface area contributed by atoms with Gasteiger partial charge in [0.15, 0.2) is 6.10 Å². The Morgan fingerprint density at radius 1 is 1.23 bits per heavy atom. The van der Waals surface area contributed by atoms with Gasteiger partial charge in [0, 0.05) is 54.2 Å². The lowest BCUT2D eigenvalue weighted by Gasteiger charge is -2.34. The van der Waals surface area contributed by atoms with Crippen LogP contribution in [0.15, 0.2) is 51.7 Å². The molecule has 1 aliphatic rings. The number of carbonyl (C=O) groups excluding carboxylic acids is 2. The molecule has 2 atom stereocenters. The summed E-state index contributed by atoms with van der Waals surface area (Å²) in [6.07, 6.45) is 1.24. The first-order valence-corrected chi connectivity index (χ1v) is 11.9. The van der Waals surface area contributed by atoms with Crippen LogP contribution in [-0.4, -0.2) is 41.9 Å². The Labute approximate surface area is 206 Å². The Hall–Kier alpha value is -3.39. The predicted molar refractivity (Wildman–Crippen MR) is 131 cm³/mol. The Morgan fingerprint density at radius 2 is 2.03 bits per heavy atom. The second-order valence-electron chi connectivity index (χ2n) is 8.57. The lowest BCUT2D eigenvalue weighted by Crippen LogP contribution is -2.52. The van der Waals surface area contributed by atoms with Crippen LogP contribution in [0.4, 0.5) is 4.39 Å². The zero-order chi connectivity index (χ0) is 25.1. The highest BCUT2D eigenvalue weighted by Crippen LogP contribution is 2.34. The average Bonchev–Trinajstić information content (AvgIpc) is 2.83. The van der Waals surface area contributed by atoms with Gasteiger partial charge in [0.25, 0.3) is 5.91 Å². The third-order valence-electron chi connectivity index (χ3n) is 6.02. The van der Waals surface area contributed by atoms with Gasteiger partial charge in [-0.1, -0.05) is 18.5 Å². The number of likely N-dealkylation sites (tertiary alicyclic amines) is 1. The van der Waals surface area contributed by atoms with Crippen molar-refractivity contribution in [1.82, 2.24) is 10.2 Å². The summed E-state index contributed by atoms with van der Waals surface area (Å²) < 4.78 is 24.7. The van der Waals surface area contributed by atoms with Crippen LogP contribution in [0, 0.1) is 5.82 Å². The molecule has 1 fully saturated rings. The minimum Gasteiger partial charge on any atom is -0.481 e. The number of hydrogen-bond acceptors (Lipinski definition) is 5. The van der Waals surface area contributed by atoms with Crippen LogP contribution in [-0.2, 0) is 9.59 Å². The molecule has 0 unspecified atom stereocenters. The molecule has 35 heavy (non-hydrogen) atoms. The first kappa shape index (κ1) is 24.7. The fraction of sp³-hybridized carbons (Fsp3) is 0.346. The number of halogens is 2. The molecule has 1 aliphatic heterocycles. The highest BCUT2D eigenvalue weighted by molar-refractivity contribution is 6.33. The van der Waals surface area contributed by atoms with E-state index in [4.69, 9.17) is 20.8 Å². The molecular weight excluding hydrogens is 475 g/mol. The van der Waals surface area contributed by atoms with Gasteiger partial charge in [-0.2, -0.15) is 0 Å². The first-order chi connectivity index (χ1) is 16.7. The lowest BCUT2D eigenvalue weighted by atomic mass is 10.0. The van der Waals surface area contributed by atoms with Crippen molar-refractivity contribution in [3.8, 4) is 16.9 Å². The Morgan fingerprint density at radius 3 is 2.77 bits per heavy atom. The van der Waals surface area contributed by atoms with Crippen LogP contribution in [0.5, 0.6) is 5.75 Å². The van der Waals surface area contributed by atoms with E-state index in [9.17, 15) is 18.8 Å². The van der Waals surface area contributed by atoms with Crippen molar-refractivity contribution >= 4 is 34.4 Å². The molecule has 3 aromatic rings. The molecule has 1 saturated heterocycles. The monoisotopic (exact) mass is 500 g/mol. The van der Waals surface area contributed by atoms with E-state index in [1.54, 1.807) is 36.9 Å². The van der Waals surface area contributed by atoms with E-state index in [1.165, 1.54) is 24.3 Å². The van der Waals surface area contributed by atoms with Crippen LogP contribution in [0.2, 0.25) is 5.02 Å². The van der Waals surface area contributed by atoms with Gasteiger partial charge in [0.05, 0.1) is 5.02 Å². The number of piperidine rings is 1. The number of amides is 2. The Balaban J connectivity index is 1.53. The lowest BCUT2D eigenvalue weighted by molar-refractivity contribution is -0.140. The second kappa shape index (κ2) is 10.5. The third kappa shape index (κ3) is 5.65. The summed E-state index contributed by atoms with van der Waals surface area (Å²) in [4.78, 5) is 38.6. The second-order valence-corrected chi connectivity index (χ2v) is 8.97. The minimum atomic E-state index is -0.783. The topological polar surface area (TPSA) is 88.9 Å². The fourth-order valence-corrected chi connectivity index (χ4v) is 4.55. The SMILES string of the molecule is CCC(=O)N[C@H]1CCCN(C(=O)[C@@H](C)Oc2ccc3c(-c4ccc(F)cc4Cl)cc(=O)oc3c2)C1. The number of ether oxygens (including phenoxy) is 1. The summed E-state index contributed by atoms with van der Waals surface area (Å²) >= 11 is 6.21. The zero-order valence-corrected chi connectivity index (χ0v) is 20.2. The van der Waals surface area contributed by atoms with E-state index >= 15 is 0 Å². The molecule has 0 spiro atoms. The average molecular weight is 501 g/mol. The molecule has 2 heterocycles. The normalized spacial score (nSPS) is 16.7. The Kier molecular flexibility index (Phi) is 7.40. The predicted octanol–water partition coefficient (Wildman–Crippen LogP) is 4.54. The van der Waals surface area contributed by atoms with E-state index in [0.29, 0.717) is 41.8 Å². The molecule has 184 valence electrons. The van der Waals surface area contributed by atoms with Crippen molar-refractivity contribution in [2.24, 2.45) is 0 Å². The standard InChI is InChI=1S/C26H26ClFN2O5/c1-3-24(31)29-17-5-4-10-30(14-17)26(33)15(2)34-18-7-9-20-21(13-25(32)35-23(20)12-18)19-8-6-16(28)11-22(19)27/h6-9,11-13,15,17H,3-5,10,14H2,1-2H3,(H,29,31)/t15-,17+/m1/s1. The molecular formula is C26H26ClFN2O5. The van der Waals surface area contributed by atoms with Crippen LogP contribution < -0.4 is 15.7 Å². The van der Waals surface area contributed by atoms with Crippen molar-refractivity contribution in [3.63, 3.8) is 0 Å². The number of rotatable bonds is 6. The number of nitrogens with one attached hydrogen (secondary N) is 1. The molecule has 0 saturated carbocycles. The third-order valence-corrected chi connectivity index (χ3v) is 6.33. The van der Waals surface area contributed by atoms with Gasteiger partial charge in [-0.15, -0.1) is 0 Å². The number of nitrogens with zero attached hydrogens (tertiary/aromatic N) is 1. The quantitative estimate of drug-likeness (QED) is 0.502. The largest absolute Gasteiger partial charge is 0.481 e. The smallest absolute Gasteiger partial charge is 0.336 e. The van der Waals surface area contributed by atoms with E-state index in [2.05, 4.69) is 5.32 Å². The van der Waals surface area contributed by atoms with Crippen molar-refractivity contribution in [1.29, 1.82) is 0 Å². The van der Waals surface area contributed by atoms with Crippen LogP contribution in [0.3, 0.4) is 0 Å². The van der Waals surface area contributed by atoms with Gasteiger partial charge in [0.1, 0.15) is 17.1 Å². The highest BCUT2D eigenvalue weighted by Gasteiger charge is 2.28. The molecule has 9 heteroatoms. The molecule has 1 N–H and O–H groups in total. The number of benzene rings is 2. The molecule has 4 rings (SSSR count). The summed E-state index contributed by atoms with van der Waals surface area (Å²) in [5, 5.41) is 3.71. The molecule has 7 nitrogen and oxygen atoms in total. The maximum Gasteiger partial charge on any atom is 0.336 e.